The Bertz CT molecular complexity index is 1180. The van der Waals surface area contributed by atoms with Crippen LogP contribution in [0.2, 0.25) is 0 Å². The fourth-order valence-electron chi connectivity index (χ4n) is 5.37. The van der Waals surface area contributed by atoms with Gasteiger partial charge in [-0.2, -0.15) is 0 Å². The first kappa shape index (κ1) is 18.7. The number of hydrogen-bond acceptors (Lipinski definition) is 0. The molecule has 5 aliphatic carbocycles. The maximum absolute atomic E-state index is 2.33. The molecule has 2 aromatic carbocycles. The monoisotopic (exact) mass is 404 g/mol. The number of fused-ring (bicyclic) bond motifs is 5. The minimum atomic E-state index is 1.27. The fourth-order valence-corrected chi connectivity index (χ4v) is 5.37. The summed E-state index contributed by atoms with van der Waals surface area (Å²) in [5.41, 5.74) is 2.62. The lowest BCUT2D eigenvalue weighted by molar-refractivity contribution is 1.08. The average molecular weight is 405 g/mol. The maximum Gasteiger partial charge on any atom is 0.0295 e. The van der Waals surface area contributed by atoms with Crippen molar-refractivity contribution in [3.8, 4) is 0 Å². The predicted molar refractivity (Wildman–Crippen MR) is 132 cm³/mol. The van der Waals surface area contributed by atoms with Crippen LogP contribution in [0.25, 0.3) is 10.8 Å². The highest BCUT2D eigenvalue weighted by Crippen LogP contribution is 2.61. The lowest BCUT2D eigenvalue weighted by Crippen LogP contribution is -2.16. The van der Waals surface area contributed by atoms with Crippen molar-refractivity contribution in [3.63, 3.8) is 0 Å². The Kier molecular flexibility index (Phi) is 4.29. The summed E-state index contributed by atoms with van der Waals surface area (Å²) in [6.45, 7) is 0. The highest BCUT2D eigenvalue weighted by molar-refractivity contribution is 5.95. The van der Waals surface area contributed by atoms with Crippen molar-refractivity contribution in [2.24, 2.45) is 0 Å². The Morgan fingerprint density at radius 3 is 1.66 bits per heavy atom. The van der Waals surface area contributed by atoms with Gasteiger partial charge in [-0.15, -0.1) is 0 Å². The van der Waals surface area contributed by atoms with Crippen molar-refractivity contribution in [2.45, 2.75) is 0 Å². The third-order valence-electron chi connectivity index (χ3n) is 6.79. The molecule has 0 amide bonds. The van der Waals surface area contributed by atoms with Crippen LogP contribution in [0.5, 0.6) is 0 Å². The molecular weight excluding hydrogens is 384 g/mol. The lowest BCUT2D eigenvalue weighted by atomic mass is 9.73. The minimum Gasteiger partial charge on any atom is -0.0762 e. The SMILES string of the molecule is [CH]1[C]2C=CC=C[C]2[CH][C]1c1ccc2ccccc2c1[C]1[C]2C=CC=C[C]2[C]2C=CC=C[C]21. The molecule has 2 aromatic rings. The van der Waals surface area contributed by atoms with Crippen LogP contribution in [-0.2, 0) is 0 Å². The summed E-state index contributed by atoms with van der Waals surface area (Å²) in [4.78, 5) is 0. The van der Waals surface area contributed by atoms with E-state index in [1.807, 2.05) is 0 Å². The Labute approximate surface area is 191 Å². The van der Waals surface area contributed by atoms with E-state index in [-0.39, 0.29) is 0 Å². The second-order valence-corrected chi connectivity index (χ2v) is 8.55. The van der Waals surface area contributed by atoms with Crippen molar-refractivity contribution in [1.29, 1.82) is 0 Å². The van der Waals surface area contributed by atoms with Crippen LogP contribution in [0.15, 0.2) is 109 Å². The molecule has 0 atom stereocenters. The van der Waals surface area contributed by atoms with Crippen LogP contribution in [0.4, 0.5) is 0 Å². The molecule has 2 saturated carbocycles. The summed E-state index contributed by atoms with van der Waals surface area (Å²) in [7, 11) is 0. The largest absolute Gasteiger partial charge is 0.0762 e. The van der Waals surface area contributed by atoms with Gasteiger partial charge in [0.15, 0.2) is 0 Å². The number of allylic oxidation sites excluding steroid dienone is 12. The second kappa shape index (κ2) is 7.34. The molecule has 148 valence electrons. The molecule has 5 aliphatic rings. The standard InChI is InChI=1S/C32H20/c1-2-11-23-20-24(19-22(23)10-1)26-18-17-21-9-3-4-12-25(21)31(26)32-29-15-7-5-13-27(29)28-14-6-8-16-30(28)32/h1-20H. The van der Waals surface area contributed by atoms with Gasteiger partial charge < -0.3 is 0 Å². The van der Waals surface area contributed by atoms with Gasteiger partial charge in [0.2, 0.25) is 0 Å². The van der Waals surface area contributed by atoms with Gasteiger partial charge in [-0.1, -0.05) is 109 Å². The second-order valence-electron chi connectivity index (χ2n) is 8.55. The number of rotatable bonds is 2. The smallest absolute Gasteiger partial charge is 0.0295 e. The molecule has 0 heteroatoms. The Hall–Kier alpha value is -2.86. The molecule has 0 nitrogen and oxygen atoms in total. The molecule has 32 heavy (non-hydrogen) atoms. The zero-order chi connectivity index (χ0) is 21.1. The summed E-state index contributed by atoms with van der Waals surface area (Å²) < 4.78 is 0. The molecule has 0 saturated heterocycles. The van der Waals surface area contributed by atoms with Crippen LogP contribution in [0.3, 0.4) is 0 Å². The van der Waals surface area contributed by atoms with Crippen molar-refractivity contribution < 1.29 is 0 Å². The van der Waals surface area contributed by atoms with Crippen LogP contribution >= 0.6 is 0 Å². The molecule has 0 N–H and O–H groups in total. The Morgan fingerprint density at radius 2 is 1.00 bits per heavy atom. The maximum atomic E-state index is 2.33. The van der Waals surface area contributed by atoms with E-state index in [1.165, 1.54) is 69.2 Å². The number of hydrogen-bond donors (Lipinski definition) is 0. The van der Waals surface area contributed by atoms with Crippen molar-refractivity contribution >= 4 is 10.8 Å². The molecule has 0 unspecified atom stereocenters. The van der Waals surface area contributed by atoms with E-state index in [0.29, 0.717) is 0 Å². The van der Waals surface area contributed by atoms with Crippen molar-refractivity contribution in [2.75, 3.05) is 0 Å². The Balaban J connectivity index is 1.42. The number of benzene rings is 2. The summed E-state index contributed by atoms with van der Waals surface area (Å²) >= 11 is 0. The Morgan fingerprint density at radius 1 is 0.438 bits per heavy atom. The summed E-state index contributed by atoms with van der Waals surface area (Å²) in [6, 6.07) is 13.3. The molecule has 0 heterocycles. The zero-order valence-electron chi connectivity index (χ0n) is 17.5. The van der Waals surface area contributed by atoms with Gasteiger partial charge in [0.05, 0.1) is 0 Å². The first-order chi connectivity index (χ1) is 15.9. The highest BCUT2D eigenvalue weighted by Gasteiger charge is 2.51. The summed E-state index contributed by atoms with van der Waals surface area (Å²) in [6.07, 6.45) is 31.0. The van der Waals surface area contributed by atoms with Crippen LogP contribution in [0.1, 0.15) is 11.1 Å². The van der Waals surface area contributed by atoms with Crippen LogP contribution in [-0.4, -0.2) is 0 Å². The van der Waals surface area contributed by atoms with Gasteiger partial charge >= 0.3 is 0 Å². The first-order valence-electron chi connectivity index (χ1n) is 11.1. The molecule has 0 aromatic heterocycles. The van der Waals surface area contributed by atoms with Gasteiger partial charge in [-0.3, -0.25) is 0 Å². The molecule has 7 rings (SSSR count). The van der Waals surface area contributed by atoms with Gasteiger partial charge in [-0.25, -0.2) is 0 Å². The normalized spacial score (nSPS) is 24.8. The van der Waals surface area contributed by atoms with Crippen LogP contribution < -0.4 is 0 Å². The van der Waals surface area contributed by atoms with E-state index in [4.69, 9.17) is 0 Å². The van der Waals surface area contributed by atoms with E-state index < -0.39 is 0 Å². The predicted octanol–water partition coefficient (Wildman–Crippen LogP) is 6.95. The third-order valence-corrected chi connectivity index (χ3v) is 6.79. The van der Waals surface area contributed by atoms with E-state index in [9.17, 15) is 0 Å². The molecule has 2 fully saturated rings. The van der Waals surface area contributed by atoms with Gasteiger partial charge in [0.25, 0.3) is 0 Å². The third kappa shape index (κ3) is 2.75. The van der Waals surface area contributed by atoms with E-state index in [1.54, 1.807) is 0 Å². The molecule has 10 radical (unpaired) electrons. The quantitative estimate of drug-likeness (QED) is 0.508. The van der Waals surface area contributed by atoms with E-state index in [2.05, 4.69) is 122 Å². The van der Waals surface area contributed by atoms with Crippen molar-refractivity contribution in [3.05, 3.63) is 181 Å². The first-order valence-corrected chi connectivity index (χ1v) is 11.1. The van der Waals surface area contributed by atoms with Crippen molar-refractivity contribution in [1.82, 2.24) is 0 Å². The van der Waals surface area contributed by atoms with E-state index in [0.717, 1.165) is 0 Å². The summed E-state index contributed by atoms with van der Waals surface area (Å²) in [5.74, 6) is 10.5. The molecule has 0 aliphatic heterocycles. The van der Waals surface area contributed by atoms with Gasteiger partial charge in [-0.05, 0) is 34.7 Å². The average Bonchev–Trinajstić information content (AvgIpc) is 3.43. The molecule has 0 bridgehead atoms. The molecular formula is C32H20. The van der Waals surface area contributed by atoms with Crippen LogP contribution in [0, 0.1) is 60.2 Å². The molecule has 0 spiro atoms. The highest BCUT2D eigenvalue weighted by atomic mass is 14.5. The zero-order valence-corrected chi connectivity index (χ0v) is 17.5. The van der Waals surface area contributed by atoms with Gasteiger partial charge in [0.1, 0.15) is 0 Å². The topological polar surface area (TPSA) is 0 Å². The lowest BCUT2D eigenvalue weighted by Gasteiger charge is -2.28. The summed E-state index contributed by atoms with van der Waals surface area (Å²) in [5, 5.41) is 2.58. The van der Waals surface area contributed by atoms with Gasteiger partial charge in [0, 0.05) is 47.3 Å². The van der Waals surface area contributed by atoms with E-state index >= 15 is 0 Å². The fraction of sp³-hybridized carbons (Fsp3) is 0. The minimum absolute atomic E-state index is 1.27.